The van der Waals surface area contributed by atoms with Crippen molar-refractivity contribution in [2.75, 3.05) is 5.32 Å². The molecule has 0 fully saturated rings. The number of carbonyl (C=O) groups excluding carboxylic acids is 1. The summed E-state index contributed by atoms with van der Waals surface area (Å²) in [5.74, 6) is -0.396. The van der Waals surface area contributed by atoms with Crippen molar-refractivity contribution in [1.29, 1.82) is 0 Å². The minimum Gasteiger partial charge on any atom is -0.299 e. The summed E-state index contributed by atoms with van der Waals surface area (Å²) >= 11 is 13.9. The van der Waals surface area contributed by atoms with Gasteiger partial charge in [0.15, 0.2) is 4.34 Å². The molecule has 1 heterocycles. The molecule has 0 radical (unpaired) electrons. The maximum Gasteiger partial charge on any atom is 0.243 e. The zero-order valence-electron chi connectivity index (χ0n) is 10.8. The second-order valence-corrected chi connectivity index (χ2v) is 7.24. The fourth-order valence-corrected chi connectivity index (χ4v) is 3.30. The van der Waals surface area contributed by atoms with Gasteiger partial charge in [-0.3, -0.25) is 10.1 Å². The first-order valence-corrected chi connectivity index (χ1v) is 8.43. The highest BCUT2D eigenvalue weighted by atomic mass is 35.5. The summed E-state index contributed by atoms with van der Waals surface area (Å²) in [6.07, 6.45) is 0. The van der Waals surface area contributed by atoms with Crippen LogP contribution in [0.15, 0.2) is 22.5 Å². The Morgan fingerprint density at radius 1 is 1.52 bits per heavy atom. The molecule has 112 valence electrons. The minimum absolute atomic E-state index is 0.0921. The predicted molar refractivity (Wildman–Crippen MR) is 84.8 cm³/mol. The van der Waals surface area contributed by atoms with Gasteiger partial charge in [-0.25, -0.2) is 4.39 Å². The molecule has 21 heavy (non-hydrogen) atoms. The monoisotopic (exact) mass is 365 g/mol. The van der Waals surface area contributed by atoms with Crippen LogP contribution >= 0.6 is 46.3 Å². The van der Waals surface area contributed by atoms with Gasteiger partial charge in [0.1, 0.15) is 11.2 Å². The van der Waals surface area contributed by atoms with Gasteiger partial charge in [-0.2, -0.15) is 0 Å². The molecule has 2 aromatic rings. The Balaban J connectivity index is 1.97. The molecule has 0 aliphatic rings. The van der Waals surface area contributed by atoms with Crippen molar-refractivity contribution < 1.29 is 9.18 Å². The number of carbonyl (C=O) groups is 1. The van der Waals surface area contributed by atoms with Crippen LogP contribution in [0.5, 0.6) is 0 Å². The summed E-state index contributed by atoms with van der Waals surface area (Å²) < 4.78 is 14.3. The standard InChI is InChI=1S/C12H10Cl2FN3OS2/c1-6(13)10(19)16-11-17-18-12(21-11)20-5-7-3-2-4-8(14)9(7)15/h2-4,6H,5H2,1H3,(H,16,17,19)/t6-/m1/s1. The van der Waals surface area contributed by atoms with Crippen LogP contribution in [0.2, 0.25) is 5.02 Å². The van der Waals surface area contributed by atoms with Crippen LogP contribution < -0.4 is 5.32 Å². The Morgan fingerprint density at radius 3 is 3.00 bits per heavy atom. The third kappa shape index (κ3) is 4.54. The predicted octanol–water partition coefficient (Wildman–Crippen LogP) is 4.19. The average molecular weight is 366 g/mol. The summed E-state index contributed by atoms with van der Waals surface area (Å²) in [5.41, 5.74) is 0.489. The number of nitrogens with zero attached hydrogens (tertiary/aromatic N) is 2. The number of thioether (sulfide) groups is 1. The maximum absolute atomic E-state index is 13.7. The fourth-order valence-electron chi connectivity index (χ4n) is 1.32. The largest absolute Gasteiger partial charge is 0.299 e. The third-order valence-electron chi connectivity index (χ3n) is 2.38. The topological polar surface area (TPSA) is 54.9 Å². The minimum atomic E-state index is -0.648. The van der Waals surface area contributed by atoms with Crippen molar-refractivity contribution in [2.45, 2.75) is 22.4 Å². The van der Waals surface area contributed by atoms with Crippen LogP contribution in [0, 0.1) is 5.82 Å². The Bertz CT molecular complexity index is 651. The van der Waals surface area contributed by atoms with Crippen LogP contribution in [0.1, 0.15) is 12.5 Å². The van der Waals surface area contributed by atoms with Crippen molar-refractivity contribution in [3.05, 3.63) is 34.6 Å². The van der Waals surface area contributed by atoms with E-state index in [2.05, 4.69) is 15.5 Å². The third-order valence-corrected chi connectivity index (χ3v) is 4.89. The van der Waals surface area contributed by atoms with Gasteiger partial charge >= 0.3 is 0 Å². The Hall–Kier alpha value is -0.890. The fraction of sp³-hybridized carbons (Fsp3) is 0.250. The number of halogens is 3. The molecule has 0 saturated heterocycles. The molecular formula is C12H10Cl2FN3OS2. The van der Waals surface area contributed by atoms with E-state index in [1.807, 2.05) is 0 Å². The Morgan fingerprint density at radius 2 is 2.29 bits per heavy atom. The molecule has 0 spiro atoms. The highest BCUT2D eigenvalue weighted by Crippen LogP contribution is 2.30. The molecule has 0 aliphatic heterocycles. The second-order valence-electron chi connectivity index (χ2n) is 3.98. The van der Waals surface area contributed by atoms with E-state index in [9.17, 15) is 9.18 Å². The normalized spacial score (nSPS) is 12.2. The highest BCUT2D eigenvalue weighted by molar-refractivity contribution is 8.00. The first-order valence-electron chi connectivity index (χ1n) is 5.81. The van der Waals surface area contributed by atoms with Crippen molar-refractivity contribution in [3.63, 3.8) is 0 Å². The van der Waals surface area contributed by atoms with Gasteiger partial charge < -0.3 is 0 Å². The van der Waals surface area contributed by atoms with Crippen LogP contribution in [0.25, 0.3) is 0 Å². The van der Waals surface area contributed by atoms with Gasteiger partial charge in [-0.1, -0.05) is 46.8 Å². The molecule has 0 unspecified atom stereocenters. The van der Waals surface area contributed by atoms with Crippen molar-refractivity contribution in [2.24, 2.45) is 0 Å². The van der Waals surface area contributed by atoms with E-state index in [0.717, 1.165) is 0 Å². The number of rotatable bonds is 5. The molecular weight excluding hydrogens is 356 g/mol. The smallest absolute Gasteiger partial charge is 0.243 e. The Kier molecular flexibility index (Phi) is 5.80. The molecule has 1 aromatic heterocycles. The molecule has 1 atom stereocenters. The van der Waals surface area contributed by atoms with Crippen LogP contribution in [-0.2, 0) is 10.5 Å². The molecule has 9 heteroatoms. The lowest BCUT2D eigenvalue weighted by atomic mass is 10.2. The number of hydrogen-bond acceptors (Lipinski definition) is 5. The first kappa shape index (κ1) is 16.5. The van der Waals surface area contributed by atoms with Gasteiger partial charge in [0.05, 0.1) is 5.02 Å². The van der Waals surface area contributed by atoms with Gasteiger partial charge in [0.25, 0.3) is 0 Å². The zero-order valence-corrected chi connectivity index (χ0v) is 13.9. The van der Waals surface area contributed by atoms with Gasteiger partial charge in [-0.05, 0) is 18.6 Å². The number of aromatic nitrogens is 2. The SMILES string of the molecule is C[C@@H](Cl)C(=O)Nc1nnc(SCc2cccc(Cl)c2F)s1. The number of benzene rings is 1. The summed E-state index contributed by atoms with van der Waals surface area (Å²) in [7, 11) is 0. The lowest BCUT2D eigenvalue weighted by Gasteiger charge is -2.02. The van der Waals surface area contributed by atoms with Crippen LogP contribution in [0.4, 0.5) is 9.52 Å². The van der Waals surface area contributed by atoms with Crippen LogP contribution in [-0.4, -0.2) is 21.5 Å². The molecule has 1 amide bonds. The molecule has 2 rings (SSSR count). The lowest BCUT2D eigenvalue weighted by Crippen LogP contribution is -2.20. The summed E-state index contributed by atoms with van der Waals surface area (Å²) in [6.45, 7) is 1.56. The first-order chi connectivity index (χ1) is 9.97. The molecule has 4 nitrogen and oxygen atoms in total. The number of hydrogen-bond donors (Lipinski definition) is 1. The van der Waals surface area contributed by atoms with Crippen molar-refractivity contribution in [3.8, 4) is 0 Å². The molecule has 0 bridgehead atoms. The quantitative estimate of drug-likeness (QED) is 0.490. The van der Waals surface area contributed by atoms with E-state index in [1.165, 1.54) is 29.2 Å². The van der Waals surface area contributed by atoms with E-state index < -0.39 is 11.2 Å². The summed E-state index contributed by atoms with van der Waals surface area (Å²) in [6, 6.07) is 4.85. The van der Waals surface area contributed by atoms with Gasteiger partial charge in [0, 0.05) is 5.75 Å². The number of alkyl halides is 1. The van der Waals surface area contributed by atoms with E-state index in [-0.39, 0.29) is 10.9 Å². The number of anilines is 1. The molecule has 1 aromatic carbocycles. The molecule has 1 N–H and O–H groups in total. The average Bonchev–Trinajstić information content (AvgIpc) is 2.88. The lowest BCUT2D eigenvalue weighted by molar-refractivity contribution is -0.115. The van der Waals surface area contributed by atoms with Crippen molar-refractivity contribution >= 4 is 57.3 Å². The van der Waals surface area contributed by atoms with Gasteiger partial charge in [0.2, 0.25) is 11.0 Å². The van der Waals surface area contributed by atoms with Crippen molar-refractivity contribution in [1.82, 2.24) is 10.2 Å². The molecule has 0 saturated carbocycles. The summed E-state index contributed by atoms with van der Waals surface area (Å²) in [5, 5.41) is 10.1. The van der Waals surface area contributed by atoms with E-state index in [4.69, 9.17) is 23.2 Å². The van der Waals surface area contributed by atoms with Gasteiger partial charge in [-0.15, -0.1) is 21.8 Å². The highest BCUT2D eigenvalue weighted by Gasteiger charge is 2.13. The maximum atomic E-state index is 13.7. The zero-order chi connectivity index (χ0) is 15.4. The number of amides is 1. The van der Waals surface area contributed by atoms with E-state index in [0.29, 0.717) is 20.8 Å². The molecule has 0 aliphatic carbocycles. The van der Waals surface area contributed by atoms with Crippen LogP contribution in [0.3, 0.4) is 0 Å². The van der Waals surface area contributed by atoms with E-state index in [1.54, 1.807) is 19.1 Å². The second kappa shape index (κ2) is 7.40. The number of nitrogens with one attached hydrogen (secondary N) is 1. The van der Waals surface area contributed by atoms with E-state index >= 15 is 0 Å². The summed E-state index contributed by atoms with van der Waals surface area (Å²) in [4.78, 5) is 11.4. The Labute approximate surface area is 139 Å².